The first kappa shape index (κ1) is 23.6. The van der Waals surface area contributed by atoms with Crippen LogP contribution in [0.1, 0.15) is 33.3 Å². The summed E-state index contributed by atoms with van der Waals surface area (Å²) in [7, 11) is 1.61. The molecule has 1 heterocycles. The van der Waals surface area contributed by atoms with Gasteiger partial charge in [0.25, 0.3) is 11.8 Å². The lowest BCUT2D eigenvalue weighted by atomic mass is 10.1. The lowest BCUT2D eigenvalue weighted by molar-refractivity contribution is 0.102. The molecule has 0 radical (unpaired) electrons. The van der Waals surface area contributed by atoms with E-state index in [1.54, 1.807) is 42.3 Å². The van der Waals surface area contributed by atoms with E-state index in [-0.39, 0.29) is 11.6 Å². The maximum Gasteiger partial charge on any atom is 0.278 e. The molecule has 0 fully saturated rings. The van der Waals surface area contributed by atoms with Gasteiger partial charge in [0.2, 0.25) is 0 Å². The van der Waals surface area contributed by atoms with Gasteiger partial charge in [0.05, 0.1) is 12.8 Å². The van der Waals surface area contributed by atoms with Crippen LogP contribution in [0, 0.1) is 0 Å². The number of hydrogen-bond donors (Lipinski definition) is 2. The average Bonchev–Trinajstić information content (AvgIpc) is 3.31. The Morgan fingerprint density at radius 3 is 2.20 bits per heavy atom. The first-order valence-electron chi connectivity index (χ1n) is 11.2. The molecule has 8 nitrogen and oxygen atoms in total. The Morgan fingerprint density at radius 2 is 1.54 bits per heavy atom. The number of para-hydroxylation sites is 1. The Hall–Kier alpha value is -4.59. The van der Waals surface area contributed by atoms with Crippen molar-refractivity contribution in [3.8, 4) is 11.5 Å². The summed E-state index contributed by atoms with van der Waals surface area (Å²) in [6.45, 7) is 2.83. The SMILES string of the molecule is CCn1cc(NC(=O)c2ccc(COc3ccc(OC)cc3)cc2)c(C(=O)Nc2ccccc2)n1. The quantitative estimate of drug-likeness (QED) is 0.359. The predicted molar refractivity (Wildman–Crippen MR) is 134 cm³/mol. The number of benzene rings is 3. The molecule has 4 aromatic rings. The van der Waals surface area contributed by atoms with Crippen molar-refractivity contribution in [3.05, 3.63) is 102 Å². The van der Waals surface area contributed by atoms with E-state index in [4.69, 9.17) is 9.47 Å². The number of hydrogen-bond acceptors (Lipinski definition) is 5. The second-order valence-electron chi connectivity index (χ2n) is 7.68. The Labute approximate surface area is 203 Å². The van der Waals surface area contributed by atoms with E-state index in [1.165, 1.54) is 0 Å². The van der Waals surface area contributed by atoms with Crippen LogP contribution in [0.3, 0.4) is 0 Å². The van der Waals surface area contributed by atoms with E-state index in [2.05, 4.69) is 15.7 Å². The second-order valence-corrected chi connectivity index (χ2v) is 7.68. The van der Waals surface area contributed by atoms with Crippen molar-refractivity contribution in [1.29, 1.82) is 0 Å². The topological polar surface area (TPSA) is 94.5 Å². The molecule has 0 aliphatic carbocycles. The number of nitrogens with one attached hydrogen (secondary N) is 2. The summed E-state index contributed by atoms with van der Waals surface area (Å²) in [5, 5.41) is 9.93. The highest BCUT2D eigenvalue weighted by molar-refractivity contribution is 6.11. The molecular formula is C27H26N4O4. The third-order valence-corrected chi connectivity index (χ3v) is 5.26. The zero-order chi connectivity index (χ0) is 24.6. The molecule has 178 valence electrons. The van der Waals surface area contributed by atoms with Crippen molar-refractivity contribution in [2.45, 2.75) is 20.1 Å². The van der Waals surface area contributed by atoms with Gasteiger partial charge in [-0.15, -0.1) is 0 Å². The molecule has 8 heteroatoms. The largest absolute Gasteiger partial charge is 0.497 e. The van der Waals surface area contributed by atoms with Crippen LogP contribution in [0.25, 0.3) is 0 Å². The van der Waals surface area contributed by atoms with E-state index in [9.17, 15) is 9.59 Å². The fourth-order valence-electron chi connectivity index (χ4n) is 3.34. The zero-order valence-corrected chi connectivity index (χ0v) is 19.5. The smallest absolute Gasteiger partial charge is 0.278 e. The van der Waals surface area contributed by atoms with Crippen molar-refractivity contribution in [2.75, 3.05) is 17.7 Å². The molecule has 0 unspecified atom stereocenters. The first-order chi connectivity index (χ1) is 17.1. The number of carbonyl (C=O) groups is 2. The molecule has 0 atom stereocenters. The van der Waals surface area contributed by atoms with Crippen molar-refractivity contribution in [2.24, 2.45) is 0 Å². The lowest BCUT2D eigenvalue weighted by Gasteiger charge is -2.09. The Morgan fingerprint density at radius 1 is 0.857 bits per heavy atom. The van der Waals surface area contributed by atoms with E-state index in [0.29, 0.717) is 30.1 Å². The highest BCUT2D eigenvalue weighted by Gasteiger charge is 2.19. The van der Waals surface area contributed by atoms with Crippen LogP contribution in [-0.2, 0) is 13.2 Å². The standard InChI is InChI=1S/C27H26N4O4/c1-3-31-17-24(25(30-31)27(33)28-21-7-5-4-6-8-21)29-26(32)20-11-9-19(10-12-20)18-35-23-15-13-22(34-2)14-16-23/h4-17H,3,18H2,1-2H3,(H,28,33)(H,29,32). The molecule has 0 aliphatic rings. The Bertz CT molecular complexity index is 1280. The third kappa shape index (κ3) is 6.05. The van der Waals surface area contributed by atoms with Gasteiger partial charge in [-0.05, 0) is 61.0 Å². The van der Waals surface area contributed by atoms with Gasteiger partial charge in [-0.2, -0.15) is 5.10 Å². The summed E-state index contributed by atoms with van der Waals surface area (Å²) >= 11 is 0. The van der Waals surface area contributed by atoms with Crippen LogP contribution in [-0.4, -0.2) is 28.7 Å². The van der Waals surface area contributed by atoms with Gasteiger partial charge in [0.1, 0.15) is 18.1 Å². The van der Waals surface area contributed by atoms with Crippen LogP contribution in [0.2, 0.25) is 0 Å². The molecule has 0 saturated heterocycles. The molecule has 2 N–H and O–H groups in total. The molecule has 0 saturated carbocycles. The van der Waals surface area contributed by atoms with Gasteiger partial charge < -0.3 is 20.1 Å². The number of nitrogens with zero attached hydrogens (tertiary/aromatic N) is 2. The summed E-state index contributed by atoms with van der Waals surface area (Å²) in [5.41, 5.74) is 2.51. The van der Waals surface area contributed by atoms with Crippen molar-refractivity contribution in [3.63, 3.8) is 0 Å². The molecule has 1 aromatic heterocycles. The van der Waals surface area contributed by atoms with Crippen molar-refractivity contribution >= 4 is 23.2 Å². The molecule has 2 amide bonds. The maximum atomic E-state index is 12.9. The van der Waals surface area contributed by atoms with Gasteiger partial charge in [0, 0.05) is 24.0 Å². The van der Waals surface area contributed by atoms with Gasteiger partial charge in [0.15, 0.2) is 5.69 Å². The molecule has 4 rings (SSSR count). The van der Waals surface area contributed by atoms with Crippen LogP contribution in [0.4, 0.5) is 11.4 Å². The predicted octanol–water partition coefficient (Wildman–Crippen LogP) is 5.00. The monoisotopic (exact) mass is 470 g/mol. The van der Waals surface area contributed by atoms with E-state index in [0.717, 1.165) is 17.1 Å². The number of carbonyl (C=O) groups excluding carboxylic acids is 2. The number of ether oxygens (including phenoxy) is 2. The van der Waals surface area contributed by atoms with Gasteiger partial charge >= 0.3 is 0 Å². The summed E-state index contributed by atoms with van der Waals surface area (Å²) in [6, 6.07) is 23.5. The number of methoxy groups -OCH3 is 1. The van der Waals surface area contributed by atoms with E-state index >= 15 is 0 Å². The highest BCUT2D eigenvalue weighted by atomic mass is 16.5. The van der Waals surface area contributed by atoms with Crippen LogP contribution in [0.5, 0.6) is 11.5 Å². The summed E-state index contributed by atoms with van der Waals surface area (Å²) in [5.74, 6) is 0.751. The Kier molecular flexibility index (Phi) is 7.42. The van der Waals surface area contributed by atoms with E-state index < -0.39 is 5.91 Å². The van der Waals surface area contributed by atoms with Gasteiger partial charge in [-0.25, -0.2) is 0 Å². The second kappa shape index (κ2) is 11.0. The number of anilines is 2. The highest BCUT2D eigenvalue weighted by Crippen LogP contribution is 2.20. The molecular weight excluding hydrogens is 444 g/mol. The minimum atomic E-state index is -0.398. The van der Waals surface area contributed by atoms with Gasteiger partial charge in [-0.1, -0.05) is 30.3 Å². The molecule has 0 aliphatic heterocycles. The first-order valence-corrected chi connectivity index (χ1v) is 11.2. The molecule has 0 spiro atoms. The summed E-state index contributed by atoms with van der Waals surface area (Å²) in [6.07, 6.45) is 1.65. The van der Waals surface area contributed by atoms with Crippen molar-refractivity contribution in [1.82, 2.24) is 9.78 Å². The summed E-state index contributed by atoms with van der Waals surface area (Å²) < 4.78 is 12.5. The Balaban J connectivity index is 1.40. The fourth-order valence-corrected chi connectivity index (χ4v) is 3.34. The third-order valence-electron chi connectivity index (χ3n) is 5.26. The molecule has 35 heavy (non-hydrogen) atoms. The number of aromatic nitrogens is 2. The number of rotatable bonds is 9. The van der Waals surface area contributed by atoms with Crippen LogP contribution >= 0.6 is 0 Å². The fraction of sp³-hybridized carbons (Fsp3) is 0.148. The average molecular weight is 471 g/mol. The van der Waals surface area contributed by atoms with E-state index in [1.807, 2.05) is 61.5 Å². The van der Waals surface area contributed by atoms with Crippen LogP contribution in [0.15, 0.2) is 85.1 Å². The minimum absolute atomic E-state index is 0.147. The minimum Gasteiger partial charge on any atom is -0.497 e. The van der Waals surface area contributed by atoms with Crippen LogP contribution < -0.4 is 20.1 Å². The molecule has 0 bridgehead atoms. The maximum absolute atomic E-state index is 12.9. The normalized spacial score (nSPS) is 10.5. The van der Waals surface area contributed by atoms with Gasteiger partial charge in [-0.3, -0.25) is 14.3 Å². The lowest BCUT2D eigenvalue weighted by Crippen LogP contribution is -2.18. The van der Waals surface area contributed by atoms with Crippen molar-refractivity contribution < 1.29 is 19.1 Å². The number of aryl methyl sites for hydroxylation is 1. The summed E-state index contributed by atoms with van der Waals surface area (Å²) in [4.78, 5) is 25.7. The zero-order valence-electron chi connectivity index (χ0n) is 19.5. The molecule has 3 aromatic carbocycles. The number of amides is 2.